The number of piperidine rings is 1. The summed E-state index contributed by atoms with van der Waals surface area (Å²) in [6.07, 6.45) is 6.57. The van der Waals surface area contributed by atoms with Crippen LogP contribution in [0.1, 0.15) is 62.8 Å². The molecular weight excluding hydrogens is 358 g/mol. The zero-order valence-corrected chi connectivity index (χ0v) is 18.5. The Morgan fingerprint density at radius 2 is 2.30 bits per heavy atom. The molecule has 0 spiro atoms. The molecule has 0 aromatic carbocycles. The third-order valence-electron chi connectivity index (χ3n) is 5.34. The molecule has 7 heteroatoms. The molecule has 0 amide bonds. The third kappa shape index (κ3) is 7.05. The maximum Gasteiger partial charge on any atom is 0.193 e. The van der Waals surface area contributed by atoms with Gasteiger partial charge in [0.25, 0.3) is 0 Å². The number of guanidine groups is 1. The molecule has 0 saturated carbocycles. The summed E-state index contributed by atoms with van der Waals surface area (Å²) in [4.78, 5) is 13.9. The fourth-order valence-corrected chi connectivity index (χ4v) is 4.36. The van der Waals surface area contributed by atoms with Crippen LogP contribution in [0, 0.1) is 0 Å². The molecule has 0 radical (unpaired) electrons. The van der Waals surface area contributed by atoms with Gasteiger partial charge in [0, 0.05) is 39.2 Å². The highest BCUT2D eigenvalue weighted by Gasteiger charge is 2.17. The summed E-state index contributed by atoms with van der Waals surface area (Å²) in [5.41, 5.74) is 1.06. The lowest BCUT2D eigenvalue weighted by molar-refractivity contribution is 0.119. The molecule has 27 heavy (non-hydrogen) atoms. The number of hydrogen-bond acceptors (Lipinski definition) is 5. The first-order chi connectivity index (χ1) is 13.0. The van der Waals surface area contributed by atoms with Crippen molar-refractivity contribution in [3.05, 3.63) is 16.1 Å². The Labute approximate surface area is 169 Å². The quantitative estimate of drug-likeness (QED) is 0.394. The highest BCUT2D eigenvalue weighted by molar-refractivity contribution is 7.09. The fraction of sp³-hybridized carbons (Fsp3) is 0.800. The number of methoxy groups -OCH3 is 1. The molecule has 1 aliphatic rings. The van der Waals surface area contributed by atoms with Gasteiger partial charge < -0.3 is 19.9 Å². The number of unbranched alkanes of at least 4 members (excludes halogenated alkanes) is 1. The van der Waals surface area contributed by atoms with Gasteiger partial charge >= 0.3 is 0 Å². The predicted molar refractivity (Wildman–Crippen MR) is 114 cm³/mol. The average molecular weight is 396 g/mol. The smallest absolute Gasteiger partial charge is 0.193 e. The molecule has 2 unspecified atom stereocenters. The Bertz CT molecular complexity index is 576. The van der Waals surface area contributed by atoms with E-state index in [0.717, 1.165) is 35.8 Å². The van der Waals surface area contributed by atoms with Crippen molar-refractivity contribution in [3.63, 3.8) is 0 Å². The van der Waals surface area contributed by atoms with Gasteiger partial charge in [0.1, 0.15) is 11.1 Å². The summed E-state index contributed by atoms with van der Waals surface area (Å²) in [5, 5.41) is 6.62. The van der Waals surface area contributed by atoms with Crippen molar-refractivity contribution in [3.8, 4) is 0 Å². The monoisotopic (exact) mass is 395 g/mol. The third-order valence-corrected chi connectivity index (χ3v) is 6.39. The van der Waals surface area contributed by atoms with E-state index in [1.807, 2.05) is 14.0 Å². The van der Waals surface area contributed by atoms with Crippen LogP contribution in [0.15, 0.2) is 10.4 Å². The van der Waals surface area contributed by atoms with Crippen LogP contribution in [-0.4, -0.2) is 67.6 Å². The van der Waals surface area contributed by atoms with Crippen LogP contribution < -0.4 is 5.32 Å². The van der Waals surface area contributed by atoms with Crippen LogP contribution >= 0.6 is 11.3 Å². The van der Waals surface area contributed by atoms with Crippen molar-refractivity contribution in [2.24, 2.45) is 4.99 Å². The summed E-state index contributed by atoms with van der Waals surface area (Å²) >= 11 is 1.65. The number of likely N-dealkylation sites (tertiary alicyclic amines) is 1. The summed E-state index contributed by atoms with van der Waals surface area (Å²) in [7, 11) is 5.62. The molecule has 0 aliphatic carbocycles. The molecule has 6 nitrogen and oxygen atoms in total. The minimum Gasteiger partial charge on any atom is -0.375 e. The van der Waals surface area contributed by atoms with Gasteiger partial charge in [-0.25, -0.2) is 4.98 Å². The first kappa shape index (κ1) is 22.1. The lowest BCUT2D eigenvalue weighted by Crippen LogP contribution is -2.40. The first-order valence-corrected chi connectivity index (χ1v) is 11.1. The number of aromatic nitrogens is 1. The number of rotatable bonds is 9. The minimum absolute atomic E-state index is 0.0501. The van der Waals surface area contributed by atoms with E-state index in [9.17, 15) is 0 Å². The van der Waals surface area contributed by atoms with Crippen LogP contribution in [-0.2, 0) is 11.3 Å². The van der Waals surface area contributed by atoms with Gasteiger partial charge in [0.2, 0.25) is 0 Å². The van der Waals surface area contributed by atoms with Crippen molar-refractivity contribution in [2.45, 2.75) is 64.6 Å². The highest BCUT2D eigenvalue weighted by atomic mass is 32.1. The van der Waals surface area contributed by atoms with Crippen LogP contribution in [0.25, 0.3) is 0 Å². The standard InChI is InChI=1S/C20H37N5OS/c1-16-10-6-8-12-25(16)13-9-7-11-22-20(21-3)24(4)14-18-15-27-19(23-18)17(2)26-5/h15-17H,6-14H2,1-5H3,(H,21,22). The van der Waals surface area contributed by atoms with Crippen molar-refractivity contribution < 1.29 is 4.74 Å². The lowest BCUT2D eigenvalue weighted by Gasteiger charge is -2.33. The molecule has 1 fully saturated rings. The molecule has 2 rings (SSSR count). The zero-order chi connectivity index (χ0) is 19.6. The second-order valence-electron chi connectivity index (χ2n) is 7.47. The second-order valence-corrected chi connectivity index (χ2v) is 8.36. The average Bonchev–Trinajstić information content (AvgIpc) is 3.13. The number of nitrogens with zero attached hydrogens (tertiary/aromatic N) is 4. The van der Waals surface area contributed by atoms with Crippen molar-refractivity contribution in [1.82, 2.24) is 20.1 Å². The molecule has 1 aromatic heterocycles. The largest absolute Gasteiger partial charge is 0.375 e. The van der Waals surface area contributed by atoms with Crippen molar-refractivity contribution >= 4 is 17.3 Å². The summed E-state index contributed by atoms with van der Waals surface area (Å²) in [6.45, 7) is 8.59. The van der Waals surface area contributed by atoms with Gasteiger partial charge in [-0.15, -0.1) is 11.3 Å². The maximum absolute atomic E-state index is 5.34. The Kier molecular flexibility index (Phi) is 9.51. The van der Waals surface area contributed by atoms with E-state index in [1.165, 1.54) is 45.2 Å². The minimum atomic E-state index is 0.0501. The molecule has 1 saturated heterocycles. The Morgan fingerprint density at radius 3 is 3.00 bits per heavy atom. The lowest BCUT2D eigenvalue weighted by atomic mass is 10.0. The van der Waals surface area contributed by atoms with Crippen LogP contribution in [0.3, 0.4) is 0 Å². The van der Waals surface area contributed by atoms with Crippen LogP contribution in [0.5, 0.6) is 0 Å². The molecule has 154 valence electrons. The molecule has 0 bridgehead atoms. The molecule has 2 heterocycles. The van der Waals surface area contributed by atoms with Gasteiger partial charge in [0.15, 0.2) is 5.96 Å². The van der Waals surface area contributed by atoms with Crippen molar-refractivity contribution in [2.75, 3.05) is 40.8 Å². The van der Waals surface area contributed by atoms with Gasteiger partial charge in [-0.05, 0) is 52.6 Å². The first-order valence-electron chi connectivity index (χ1n) is 10.2. The molecule has 2 atom stereocenters. The Hall–Kier alpha value is -1.18. The van der Waals surface area contributed by atoms with Crippen LogP contribution in [0.4, 0.5) is 0 Å². The molecular formula is C20H37N5OS. The number of thiazole rings is 1. The van der Waals surface area contributed by atoms with E-state index in [0.29, 0.717) is 0 Å². The van der Waals surface area contributed by atoms with E-state index in [2.05, 4.69) is 44.4 Å². The topological polar surface area (TPSA) is 53.0 Å². The summed E-state index contributed by atoms with van der Waals surface area (Å²) in [6, 6.07) is 0.759. The van der Waals surface area contributed by atoms with Gasteiger partial charge in [-0.1, -0.05) is 6.42 Å². The molecule has 1 N–H and O–H groups in total. The number of aliphatic imine (C=N–C) groups is 1. The predicted octanol–water partition coefficient (Wildman–Crippen LogP) is 3.51. The van der Waals surface area contributed by atoms with Gasteiger partial charge in [0.05, 0.1) is 12.2 Å². The van der Waals surface area contributed by atoms with E-state index < -0.39 is 0 Å². The number of ether oxygens (including phenoxy) is 1. The molecule has 1 aromatic rings. The fourth-order valence-electron chi connectivity index (χ4n) is 3.52. The second kappa shape index (κ2) is 11.6. The SMILES string of the molecule is CN=C(NCCCCN1CCCCC1C)N(C)Cc1csc(C(C)OC)n1. The number of nitrogens with one attached hydrogen (secondary N) is 1. The number of hydrogen-bond donors (Lipinski definition) is 1. The normalized spacial score (nSPS) is 19.9. The van der Waals surface area contributed by atoms with Crippen LogP contribution in [0.2, 0.25) is 0 Å². The molecule has 1 aliphatic heterocycles. The van der Waals surface area contributed by atoms with E-state index in [1.54, 1.807) is 18.4 Å². The van der Waals surface area contributed by atoms with Gasteiger partial charge in [-0.3, -0.25) is 4.99 Å². The maximum atomic E-state index is 5.34. The summed E-state index contributed by atoms with van der Waals surface area (Å²) in [5.74, 6) is 0.927. The van der Waals surface area contributed by atoms with Gasteiger partial charge in [-0.2, -0.15) is 0 Å². The van der Waals surface area contributed by atoms with E-state index in [-0.39, 0.29) is 6.10 Å². The van der Waals surface area contributed by atoms with Crippen molar-refractivity contribution in [1.29, 1.82) is 0 Å². The van der Waals surface area contributed by atoms with E-state index in [4.69, 9.17) is 4.74 Å². The highest BCUT2D eigenvalue weighted by Crippen LogP contribution is 2.21. The summed E-state index contributed by atoms with van der Waals surface area (Å²) < 4.78 is 5.34. The van der Waals surface area contributed by atoms with E-state index >= 15 is 0 Å². The zero-order valence-electron chi connectivity index (χ0n) is 17.7. The Morgan fingerprint density at radius 1 is 1.48 bits per heavy atom. The Balaban J connectivity index is 1.69.